The van der Waals surface area contributed by atoms with Crippen molar-refractivity contribution < 1.29 is 0 Å². The molecule has 1 saturated heterocycles. The first-order valence-electron chi connectivity index (χ1n) is 11.0. The molecule has 146 valence electrons. The summed E-state index contributed by atoms with van der Waals surface area (Å²) in [7, 11) is 0. The fraction of sp³-hybridized carbons (Fsp3) is 0.462. The Morgan fingerprint density at radius 1 is 0.929 bits per heavy atom. The minimum atomic E-state index is -0.0368. The second-order valence-electron chi connectivity index (χ2n) is 9.16. The van der Waals surface area contributed by atoms with E-state index in [0.29, 0.717) is 18.2 Å². The standard InChI is InChI=1S/C26H32N2/c1-19-11-7-10-16-23(19)27-20(2)24-17-18-26(3,22-14-5-4-6-15-22)28(24)25(27)21-12-8-9-13-21/h4-7,10-11,14-18,20-21,24-25H,8-9,12-13H2,1-3H3/t20-,24?,25?,26?/m0/s1. The van der Waals surface area contributed by atoms with Crippen LogP contribution in [0.3, 0.4) is 0 Å². The van der Waals surface area contributed by atoms with Crippen LogP contribution in [0.2, 0.25) is 0 Å². The maximum absolute atomic E-state index is 2.84. The van der Waals surface area contributed by atoms with Crippen molar-refractivity contribution in [1.82, 2.24) is 4.90 Å². The van der Waals surface area contributed by atoms with Crippen LogP contribution in [0.25, 0.3) is 0 Å². The van der Waals surface area contributed by atoms with Crippen LogP contribution >= 0.6 is 0 Å². The minimum Gasteiger partial charge on any atom is -0.351 e. The third-order valence-corrected chi connectivity index (χ3v) is 7.55. The van der Waals surface area contributed by atoms with Crippen LogP contribution in [-0.4, -0.2) is 23.1 Å². The Hall–Kier alpha value is -2.06. The van der Waals surface area contributed by atoms with Gasteiger partial charge in [0.25, 0.3) is 0 Å². The van der Waals surface area contributed by atoms with Gasteiger partial charge in [0.05, 0.1) is 17.7 Å². The van der Waals surface area contributed by atoms with Gasteiger partial charge in [0.2, 0.25) is 0 Å². The van der Waals surface area contributed by atoms with E-state index in [1.807, 2.05) is 0 Å². The van der Waals surface area contributed by atoms with E-state index in [2.05, 4.69) is 97.3 Å². The van der Waals surface area contributed by atoms with E-state index in [-0.39, 0.29) is 5.54 Å². The number of aryl methyl sites for hydroxylation is 1. The van der Waals surface area contributed by atoms with E-state index in [1.165, 1.54) is 42.5 Å². The van der Waals surface area contributed by atoms with Crippen LogP contribution in [0, 0.1) is 12.8 Å². The maximum Gasteiger partial charge on any atom is 0.0868 e. The van der Waals surface area contributed by atoms with Gasteiger partial charge in [-0.3, -0.25) is 4.90 Å². The first kappa shape index (κ1) is 18.0. The molecule has 2 aromatic rings. The summed E-state index contributed by atoms with van der Waals surface area (Å²) in [5.74, 6) is 0.745. The van der Waals surface area contributed by atoms with Gasteiger partial charge in [-0.1, -0.05) is 73.5 Å². The number of benzene rings is 2. The van der Waals surface area contributed by atoms with Gasteiger partial charge in [-0.2, -0.15) is 0 Å². The van der Waals surface area contributed by atoms with E-state index in [9.17, 15) is 0 Å². The molecular weight excluding hydrogens is 340 g/mol. The number of rotatable bonds is 3. The molecule has 3 unspecified atom stereocenters. The van der Waals surface area contributed by atoms with Crippen molar-refractivity contribution in [2.45, 2.75) is 70.2 Å². The average Bonchev–Trinajstić information content (AvgIpc) is 3.42. The Labute approximate surface area is 169 Å². The minimum absolute atomic E-state index is 0.0368. The van der Waals surface area contributed by atoms with Crippen LogP contribution in [0.1, 0.15) is 50.7 Å². The predicted molar refractivity (Wildman–Crippen MR) is 117 cm³/mol. The molecule has 1 aliphatic carbocycles. The molecule has 28 heavy (non-hydrogen) atoms. The zero-order chi connectivity index (χ0) is 19.3. The molecule has 2 aromatic carbocycles. The highest BCUT2D eigenvalue weighted by molar-refractivity contribution is 5.57. The van der Waals surface area contributed by atoms with E-state index >= 15 is 0 Å². The van der Waals surface area contributed by atoms with E-state index in [4.69, 9.17) is 0 Å². The Kier molecular flexibility index (Phi) is 4.35. The van der Waals surface area contributed by atoms with E-state index in [0.717, 1.165) is 5.92 Å². The normalized spacial score (nSPS) is 33.0. The largest absolute Gasteiger partial charge is 0.351 e. The lowest BCUT2D eigenvalue weighted by Crippen LogP contribution is -2.52. The second kappa shape index (κ2) is 6.77. The fourth-order valence-electron chi connectivity index (χ4n) is 6.10. The third-order valence-electron chi connectivity index (χ3n) is 7.55. The molecular formula is C26H32N2. The monoisotopic (exact) mass is 372 g/mol. The van der Waals surface area contributed by atoms with Crippen LogP contribution in [-0.2, 0) is 5.54 Å². The molecule has 0 radical (unpaired) electrons. The molecule has 0 bridgehead atoms. The van der Waals surface area contributed by atoms with Crippen molar-refractivity contribution in [3.63, 3.8) is 0 Å². The Morgan fingerprint density at radius 3 is 2.32 bits per heavy atom. The quantitative estimate of drug-likeness (QED) is 0.621. The lowest BCUT2D eigenvalue weighted by molar-refractivity contribution is 0.0851. The summed E-state index contributed by atoms with van der Waals surface area (Å²) in [5.41, 5.74) is 4.19. The highest BCUT2D eigenvalue weighted by Gasteiger charge is 2.56. The van der Waals surface area contributed by atoms with Gasteiger partial charge in [0.15, 0.2) is 0 Å². The summed E-state index contributed by atoms with van der Waals surface area (Å²) >= 11 is 0. The van der Waals surface area contributed by atoms with Gasteiger partial charge in [0, 0.05) is 11.7 Å². The molecule has 0 amide bonds. The highest BCUT2D eigenvalue weighted by atomic mass is 15.5. The number of hydrogen-bond acceptors (Lipinski definition) is 2. The predicted octanol–water partition coefficient (Wildman–Crippen LogP) is 5.88. The summed E-state index contributed by atoms with van der Waals surface area (Å²) in [5, 5.41) is 0. The molecule has 2 heteroatoms. The number of para-hydroxylation sites is 1. The molecule has 3 aliphatic rings. The molecule has 2 aliphatic heterocycles. The third kappa shape index (κ3) is 2.58. The second-order valence-corrected chi connectivity index (χ2v) is 9.16. The average molecular weight is 373 g/mol. The number of nitrogens with zero attached hydrogens (tertiary/aromatic N) is 2. The van der Waals surface area contributed by atoms with Crippen molar-refractivity contribution in [3.05, 3.63) is 77.9 Å². The molecule has 2 fully saturated rings. The van der Waals surface area contributed by atoms with Crippen LogP contribution in [0.5, 0.6) is 0 Å². The Bertz CT molecular complexity index is 867. The zero-order valence-electron chi connectivity index (χ0n) is 17.4. The lowest BCUT2D eigenvalue weighted by atomic mass is 9.89. The molecule has 2 heterocycles. The van der Waals surface area contributed by atoms with Crippen LogP contribution in [0.4, 0.5) is 5.69 Å². The summed E-state index contributed by atoms with van der Waals surface area (Å²) in [4.78, 5) is 5.61. The summed E-state index contributed by atoms with van der Waals surface area (Å²) in [6, 6.07) is 21.0. The van der Waals surface area contributed by atoms with Gasteiger partial charge in [-0.15, -0.1) is 0 Å². The topological polar surface area (TPSA) is 6.48 Å². The molecule has 2 nitrogen and oxygen atoms in total. The maximum atomic E-state index is 2.84. The SMILES string of the molecule is Cc1ccccc1N1C(C2CCCC2)N2C(C=CC2(C)c2ccccc2)[C@@H]1C. The van der Waals surface area contributed by atoms with Crippen molar-refractivity contribution >= 4 is 5.69 Å². The fourth-order valence-corrected chi connectivity index (χ4v) is 6.10. The van der Waals surface area contributed by atoms with Crippen molar-refractivity contribution in [1.29, 1.82) is 0 Å². The number of anilines is 1. The van der Waals surface area contributed by atoms with Gasteiger partial charge < -0.3 is 4.90 Å². The summed E-state index contributed by atoms with van der Waals surface area (Å²) < 4.78 is 0. The first-order valence-corrected chi connectivity index (χ1v) is 11.0. The lowest BCUT2D eigenvalue weighted by Gasteiger charge is -2.44. The first-order chi connectivity index (χ1) is 13.6. The molecule has 0 N–H and O–H groups in total. The smallest absolute Gasteiger partial charge is 0.0868 e. The molecule has 1 saturated carbocycles. The van der Waals surface area contributed by atoms with Crippen molar-refractivity contribution in [3.8, 4) is 0 Å². The molecule has 4 atom stereocenters. The summed E-state index contributed by atoms with van der Waals surface area (Å²) in [6.07, 6.45) is 10.9. The van der Waals surface area contributed by atoms with Crippen LogP contribution in [0.15, 0.2) is 66.7 Å². The van der Waals surface area contributed by atoms with E-state index in [1.54, 1.807) is 0 Å². The van der Waals surface area contributed by atoms with E-state index < -0.39 is 0 Å². The molecule has 0 spiro atoms. The van der Waals surface area contributed by atoms with Crippen LogP contribution < -0.4 is 4.90 Å². The number of fused-ring (bicyclic) bond motifs is 1. The number of hydrogen-bond donors (Lipinski definition) is 0. The van der Waals surface area contributed by atoms with Crippen molar-refractivity contribution in [2.75, 3.05) is 4.90 Å². The van der Waals surface area contributed by atoms with Crippen molar-refractivity contribution in [2.24, 2.45) is 5.92 Å². The Balaban J connectivity index is 1.63. The molecule has 0 aromatic heterocycles. The highest BCUT2D eigenvalue weighted by Crippen LogP contribution is 2.50. The van der Waals surface area contributed by atoms with Gasteiger partial charge >= 0.3 is 0 Å². The van der Waals surface area contributed by atoms with Gasteiger partial charge in [-0.25, -0.2) is 0 Å². The Morgan fingerprint density at radius 2 is 1.61 bits per heavy atom. The van der Waals surface area contributed by atoms with Gasteiger partial charge in [0.1, 0.15) is 0 Å². The molecule has 5 rings (SSSR count). The summed E-state index contributed by atoms with van der Waals surface area (Å²) in [6.45, 7) is 7.12. The zero-order valence-corrected chi connectivity index (χ0v) is 17.4. The van der Waals surface area contributed by atoms with Gasteiger partial charge in [-0.05, 0) is 56.7 Å².